The Kier molecular flexibility index (Phi) is 7.24. The van der Waals surface area contributed by atoms with Gasteiger partial charge >= 0.3 is 0 Å². The predicted molar refractivity (Wildman–Crippen MR) is 104 cm³/mol. The first-order valence-electron chi connectivity index (χ1n) is 8.14. The van der Waals surface area contributed by atoms with E-state index in [1.54, 1.807) is 25.3 Å². The van der Waals surface area contributed by atoms with E-state index in [2.05, 4.69) is 10.6 Å². The van der Waals surface area contributed by atoms with Crippen molar-refractivity contribution in [1.29, 1.82) is 0 Å². The highest BCUT2D eigenvalue weighted by atomic mass is 35.5. The van der Waals surface area contributed by atoms with Crippen molar-refractivity contribution in [2.24, 2.45) is 0 Å². The van der Waals surface area contributed by atoms with Crippen LogP contribution in [-0.2, 0) is 9.59 Å². The van der Waals surface area contributed by atoms with Crippen molar-refractivity contribution in [3.63, 3.8) is 0 Å². The second kappa shape index (κ2) is 9.63. The van der Waals surface area contributed by atoms with Gasteiger partial charge in [-0.3, -0.25) is 9.59 Å². The molecule has 0 fully saturated rings. The maximum atomic E-state index is 11.9. The van der Waals surface area contributed by atoms with Crippen LogP contribution >= 0.6 is 11.6 Å². The summed E-state index contributed by atoms with van der Waals surface area (Å²) < 4.78 is 5.08. The van der Waals surface area contributed by atoms with E-state index in [1.165, 1.54) is 6.08 Å². The van der Waals surface area contributed by atoms with Gasteiger partial charge in [0, 0.05) is 29.8 Å². The third-order valence-corrected chi connectivity index (χ3v) is 4.06. The molecular formula is C20H21ClN2O3. The summed E-state index contributed by atoms with van der Waals surface area (Å²) in [4.78, 5) is 23.7. The number of hydrogen-bond acceptors (Lipinski definition) is 3. The van der Waals surface area contributed by atoms with Crippen LogP contribution in [0.4, 0.5) is 5.69 Å². The van der Waals surface area contributed by atoms with E-state index in [0.29, 0.717) is 10.7 Å². The van der Waals surface area contributed by atoms with Gasteiger partial charge in [0.1, 0.15) is 5.75 Å². The molecule has 5 nitrogen and oxygen atoms in total. The van der Waals surface area contributed by atoms with E-state index in [-0.39, 0.29) is 24.8 Å². The van der Waals surface area contributed by atoms with Gasteiger partial charge in [0.25, 0.3) is 0 Å². The van der Waals surface area contributed by atoms with E-state index in [4.69, 9.17) is 16.3 Å². The van der Waals surface area contributed by atoms with Crippen LogP contribution in [0.2, 0.25) is 5.02 Å². The van der Waals surface area contributed by atoms with Crippen LogP contribution < -0.4 is 15.4 Å². The quantitative estimate of drug-likeness (QED) is 0.726. The lowest BCUT2D eigenvalue weighted by Gasteiger charge is -2.07. The van der Waals surface area contributed by atoms with Crippen molar-refractivity contribution in [2.45, 2.75) is 13.3 Å². The van der Waals surface area contributed by atoms with Crippen LogP contribution in [0.25, 0.3) is 6.08 Å². The topological polar surface area (TPSA) is 67.4 Å². The standard InChI is InChI=1S/C20H21ClN2O3/c1-14-3-7-16(13-18(14)21)23-20(25)11-12-22-19(24)10-6-15-4-8-17(26-2)9-5-15/h3-10,13H,11-12H2,1-2H3,(H,22,24)(H,23,25)/b10-6+. The molecule has 0 bridgehead atoms. The molecule has 0 aliphatic heterocycles. The normalized spacial score (nSPS) is 10.6. The summed E-state index contributed by atoms with van der Waals surface area (Å²) in [5.41, 5.74) is 2.46. The molecule has 2 amide bonds. The first-order chi connectivity index (χ1) is 12.5. The summed E-state index contributed by atoms with van der Waals surface area (Å²) in [5, 5.41) is 6.02. The molecule has 0 aliphatic rings. The lowest BCUT2D eigenvalue weighted by Crippen LogP contribution is -2.26. The Morgan fingerprint density at radius 2 is 1.88 bits per heavy atom. The molecule has 2 aromatic carbocycles. The molecule has 0 unspecified atom stereocenters. The first-order valence-corrected chi connectivity index (χ1v) is 8.51. The largest absolute Gasteiger partial charge is 0.497 e. The van der Waals surface area contributed by atoms with Crippen molar-refractivity contribution >= 4 is 35.2 Å². The van der Waals surface area contributed by atoms with E-state index < -0.39 is 0 Å². The van der Waals surface area contributed by atoms with E-state index in [9.17, 15) is 9.59 Å². The average Bonchev–Trinajstić information content (AvgIpc) is 2.63. The number of carbonyl (C=O) groups excluding carboxylic acids is 2. The zero-order valence-electron chi connectivity index (χ0n) is 14.7. The number of nitrogens with one attached hydrogen (secondary N) is 2. The number of aryl methyl sites for hydroxylation is 1. The van der Waals surface area contributed by atoms with Crippen molar-refractivity contribution in [2.75, 3.05) is 19.0 Å². The number of halogens is 1. The molecule has 0 radical (unpaired) electrons. The lowest BCUT2D eigenvalue weighted by atomic mass is 10.2. The molecule has 6 heteroatoms. The Hall–Kier alpha value is -2.79. The van der Waals surface area contributed by atoms with Gasteiger partial charge in [-0.2, -0.15) is 0 Å². The van der Waals surface area contributed by atoms with Crippen LogP contribution in [0.1, 0.15) is 17.5 Å². The van der Waals surface area contributed by atoms with Gasteiger partial charge < -0.3 is 15.4 Å². The van der Waals surface area contributed by atoms with Gasteiger partial charge in [-0.25, -0.2) is 0 Å². The molecule has 0 atom stereocenters. The van der Waals surface area contributed by atoms with Gasteiger partial charge in [0.2, 0.25) is 11.8 Å². The van der Waals surface area contributed by atoms with Crippen LogP contribution in [0.15, 0.2) is 48.5 Å². The maximum absolute atomic E-state index is 11.9. The molecule has 136 valence electrons. The molecular weight excluding hydrogens is 352 g/mol. The van der Waals surface area contributed by atoms with E-state index in [0.717, 1.165) is 16.9 Å². The van der Waals surface area contributed by atoms with Crippen molar-refractivity contribution < 1.29 is 14.3 Å². The zero-order valence-corrected chi connectivity index (χ0v) is 15.5. The number of rotatable bonds is 7. The monoisotopic (exact) mass is 372 g/mol. The Labute approximate surface area is 158 Å². The second-order valence-electron chi connectivity index (χ2n) is 5.66. The second-order valence-corrected chi connectivity index (χ2v) is 6.07. The summed E-state index contributed by atoms with van der Waals surface area (Å²) in [5.74, 6) is 0.309. The molecule has 0 saturated heterocycles. The maximum Gasteiger partial charge on any atom is 0.244 e. The fraction of sp³-hybridized carbons (Fsp3) is 0.200. The number of carbonyl (C=O) groups is 2. The number of benzene rings is 2. The molecule has 0 aliphatic carbocycles. The zero-order chi connectivity index (χ0) is 18.9. The van der Waals surface area contributed by atoms with Crippen LogP contribution in [-0.4, -0.2) is 25.5 Å². The van der Waals surface area contributed by atoms with Crippen molar-refractivity contribution in [3.8, 4) is 5.75 Å². The summed E-state index contributed by atoms with van der Waals surface area (Å²) in [6.07, 6.45) is 3.30. The Balaban J connectivity index is 1.73. The minimum atomic E-state index is -0.257. The number of ether oxygens (including phenoxy) is 1. The van der Waals surface area contributed by atoms with Gasteiger partial charge in [0.15, 0.2) is 0 Å². The summed E-state index contributed by atoms with van der Waals surface area (Å²) in [6, 6.07) is 12.7. The molecule has 2 rings (SSSR count). The first kappa shape index (κ1) is 19.5. The van der Waals surface area contributed by atoms with E-state index >= 15 is 0 Å². The Morgan fingerprint density at radius 1 is 1.15 bits per heavy atom. The van der Waals surface area contributed by atoms with Gasteiger partial charge in [-0.05, 0) is 48.4 Å². The summed E-state index contributed by atoms with van der Waals surface area (Å²) in [7, 11) is 1.60. The minimum Gasteiger partial charge on any atom is -0.497 e. The number of hydrogen-bond donors (Lipinski definition) is 2. The smallest absolute Gasteiger partial charge is 0.244 e. The number of anilines is 1. The molecule has 0 heterocycles. The molecule has 2 N–H and O–H groups in total. The predicted octanol–water partition coefficient (Wildman–Crippen LogP) is 3.82. The van der Waals surface area contributed by atoms with Crippen molar-refractivity contribution in [3.05, 3.63) is 64.7 Å². The fourth-order valence-corrected chi connectivity index (χ4v) is 2.32. The molecule has 2 aromatic rings. The average molecular weight is 373 g/mol. The van der Waals surface area contributed by atoms with Gasteiger partial charge in [0.05, 0.1) is 7.11 Å². The van der Waals surface area contributed by atoms with Crippen LogP contribution in [0, 0.1) is 6.92 Å². The summed E-state index contributed by atoms with van der Waals surface area (Å²) in [6.45, 7) is 2.14. The van der Waals surface area contributed by atoms with Gasteiger partial charge in [-0.1, -0.05) is 29.8 Å². The third kappa shape index (κ3) is 6.26. The van der Waals surface area contributed by atoms with Crippen LogP contribution in [0.5, 0.6) is 5.75 Å². The van der Waals surface area contributed by atoms with Gasteiger partial charge in [-0.15, -0.1) is 0 Å². The highest BCUT2D eigenvalue weighted by molar-refractivity contribution is 6.31. The third-order valence-electron chi connectivity index (χ3n) is 3.65. The summed E-state index contributed by atoms with van der Waals surface area (Å²) >= 11 is 6.02. The SMILES string of the molecule is COc1ccc(/C=C/C(=O)NCCC(=O)Nc2ccc(C)c(Cl)c2)cc1. The molecule has 0 aromatic heterocycles. The minimum absolute atomic E-state index is 0.174. The fourth-order valence-electron chi connectivity index (χ4n) is 2.14. The van der Waals surface area contributed by atoms with Crippen LogP contribution in [0.3, 0.4) is 0 Å². The number of amides is 2. The number of methoxy groups -OCH3 is 1. The van der Waals surface area contributed by atoms with E-state index in [1.807, 2.05) is 37.3 Å². The lowest BCUT2D eigenvalue weighted by molar-refractivity contribution is -0.117. The molecule has 0 spiro atoms. The Bertz CT molecular complexity index is 801. The molecule has 26 heavy (non-hydrogen) atoms. The van der Waals surface area contributed by atoms with Crippen molar-refractivity contribution in [1.82, 2.24) is 5.32 Å². The highest BCUT2D eigenvalue weighted by Crippen LogP contribution is 2.20. The Morgan fingerprint density at radius 3 is 2.54 bits per heavy atom. The highest BCUT2D eigenvalue weighted by Gasteiger charge is 2.05. The molecule has 0 saturated carbocycles.